The minimum absolute atomic E-state index is 0.248. The van der Waals surface area contributed by atoms with Gasteiger partial charge in [0, 0.05) is 27.5 Å². The molecule has 8 heteroatoms. The van der Waals surface area contributed by atoms with Crippen LogP contribution in [0.4, 0.5) is 5.95 Å². The van der Waals surface area contributed by atoms with Gasteiger partial charge < -0.3 is 5.73 Å². The molecule has 2 aromatic rings. The lowest BCUT2D eigenvalue weighted by Crippen LogP contribution is -2.07. The Bertz CT molecular complexity index is 616. The van der Waals surface area contributed by atoms with Crippen molar-refractivity contribution in [3.05, 3.63) is 28.2 Å². The molecule has 0 radical (unpaired) electrons. The van der Waals surface area contributed by atoms with Gasteiger partial charge in [0.25, 0.3) is 0 Å². The van der Waals surface area contributed by atoms with Crippen LogP contribution in [0.5, 0.6) is 0 Å². The molecule has 0 bridgehead atoms. The lowest BCUT2D eigenvalue weighted by atomic mass is 10.4. The first kappa shape index (κ1) is 16.8. The van der Waals surface area contributed by atoms with Crippen LogP contribution in [-0.2, 0) is 0 Å². The zero-order chi connectivity index (χ0) is 15.4. The zero-order valence-corrected chi connectivity index (χ0v) is 14.9. The highest BCUT2D eigenvalue weighted by Crippen LogP contribution is 2.31. The highest BCUT2D eigenvalue weighted by atomic mass is 35.5. The summed E-state index contributed by atoms with van der Waals surface area (Å²) in [4.78, 5) is 0.995. The quantitative estimate of drug-likeness (QED) is 0.599. The Morgan fingerprint density at radius 1 is 1.19 bits per heavy atom. The number of halogens is 2. The van der Waals surface area contributed by atoms with Crippen LogP contribution in [0, 0.1) is 0 Å². The Morgan fingerprint density at radius 3 is 2.62 bits per heavy atom. The van der Waals surface area contributed by atoms with Crippen molar-refractivity contribution in [2.45, 2.75) is 29.9 Å². The number of anilines is 1. The molecule has 0 aliphatic heterocycles. The number of rotatable bonds is 6. The number of nitrogen functional groups attached to an aromatic ring is 1. The predicted octanol–water partition coefficient (Wildman–Crippen LogP) is 4.63. The van der Waals surface area contributed by atoms with Gasteiger partial charge in [-0.15, -0.1) is 22.0 Å². The second-order valence-electron chi connectivity index (χ2n) is 4.58. The summed E-state index contributed by atoms with van der Waals surface area (Å²) in [5.41, 5.74) is 5.81. The van der Waals surface area contributed by atoms with Crippen LogP contribution in [0.2, 0.25) is 10.0 Å². The molecule has 0 saturated heterocycles. The van der Waals surface area contributed by atoms with E-state index in [4.69, 9.17) is 28.9 Å². The molecule has 0 fully saturated rings. The third-order valence-electron chi connectivity index (χ3n) is 2.67. The SMILES string of the molecule is CC(C)n1c(N)nnc1SCCSc1cc(Cl)ccc1Cl. The Hall–Kier alpha value is -0.560. The zero-order valence-electron chi connectivity index (χ0n) is 11.7. The van der Waals surface area contributed by atoms with Gasteiger partial charge in [-0.25, -0.2) is 0 Å². The second kappa shape index (κ2) is 7.63. The van der Waals surface area contributed by atoms with Gasteiger partial charge >= 0.3 is 0 Å². The average molecular weight is 363 g/mol. The number of hydrogen-bond acceptors (Lipinski definition) is 5. The maximum atomic E-state index is 6.13. The Morgan fingerprint density at radius 2 is 1.90 bits per heavy atom. The van der Waals surface area contributed by atoms with E-state index in [9.17, 15) is 0 Å². The molecule has 0 saturated carbocycles. The smallest absolute Gasteiger partial charge is 0.222 e. The van der Waals surface area contributed by atoms with Crippen molar-refractivity contribution in [2.24, 2.45) is 0 Å². The highest BCUT2D eigenvalue weighted by molar-refractivity contribution is 8.02. The first-order valence-corrected chi connectivity index (χ1v) is 9.12. The van der Waals surface area contributed by atoms with Gasteiger partial charge in [-0.3, -0.25) is 4.57 Å². The van der Waals surface area contributed by atoms with Gasteiger partial charge in [-0.2, -0.15) is 0 Å². The summed E-state index contributed by atoms with van der Waals surface area (Å²) in [6, 6.07) is 5.73. The standard InChI is InChI=1S/C13H16Cl2N4S2/c1-8(2)19-12(16)17-18-13(19)21-6-5-20-11-7-9(14)3-4-10(11)15/h3-4,7-8H,5-6H2,1-2H3,(H2,16,17). The molecule has 2 N–H and O–H groups in total. The number of thioether (sulfide) groups is 2. The van der Waals surface area contributed by atoms with Crippen molar-refractivity contribution in [3.8, 4) is 0 Å². The van der Waals surface area contributed by atoms with Crippen LogP contribution < -0.4 is 5.73 Å². The first-order chi connectivity index (χ1) is 9.99. The van der Waals surface area contributed by atoms with E-state index in [-0.39, 0.29) is 6.04 Å². The molecule has 0 aliphatic rings. The van der Waals surface area contributed by atoms with E-state index in [1.54, 1.807) is 29.6 Å². The largest absolute Gasteiger partial charge is 0.368 e. The number of hydrogen-bond donors (Lipinski definition) is 1. The predicted molar refractivity (Wildman–Crippen MR) is 92.7 cm³/mol. The summed E-state index contributed by atoms with van der Waals surface area (Å²) in [6.45, 7) is 4.12. The van der Waals surface area contributed by atoms with Crippen LogP contribution >= 0.6 is 46.7 Å². The molecule has 0 atom stereocenters. The van der Waals surface area contributed by atoms with Crippen LogP contribution in [0.25, 0.3) is 0 Å². The molecule has 1 heterocycles. The van der Waals surface area contributed by atoms with Gasteiger partial charge in [0.15, 0.2) is 5.16 Å². The van der Waals surface area contributed by atoms with Crippen molar-refractivity contribution >= 4 is 52.7 Å². The number of aromatic nitrogens is 3. The summed E-state index contributed by atoms with van der Waals surface area (Å²) in [5.74, 6) is 2.24. The Kier molecular flexibility index (Phi) is 6.10. The topological polar surface area (TPSA) is 56.7 Å². The van der Waals surface area contributed by atoms with Gasteiger partial charge in [-0.1, -0.05) is 35.0 Å². The molecule has 114 valence electrons. The molecule has 1 aromatic heterocycles. The van der Waals surface area contributed by atoms with Crippen molar-refractivity contribution in [1.29, 1.82) is 0 Å². The fourth-order valence-electron chi connectivity index (χ4n) is 1.74. The number of nitrogens with zero attached hydrogens (tertiary/aromatic N) is 3. The summed E-state index contributed by atoms with van der Waals surface area (Å²) in [5, 5.41) is 10.3. The van der Waals surface area contributed by atoms with E-state index in [1.165, 1.54) is 0 Å². The van der Waals surface area contributed by atoms with Crippen molar-refractivity contribution in [3.63, 3.8) is 0 Å². The van der Waals surface area contributed by atoms with E-state index in [1.807, 2.05) is 16.7 Å². The fourth-order valence-corrected chi connectivity index (χ4v) is 4.29. The molecular formula is C13H16Cl2N4S2. The van der Waals surface area contributed by atoms with Crippen LogP contribution in [-0.4, -0.2) is 26.3 Å². The van der Waals surface area contributed by atoms with E-state index in [2.05, 4.69) is 24.0 Å². The van der Waals surface area contributed by atoms with Gasteiger partial charge in [-0.05, 0) is 32.0 Å². The number of nitrogens with two attached hydrogens (primary N) is 1. The van der Waals surface area contributed by atoms with Gasteiger partial charge in [0.1, 0.15) is 0 Å². The average Bonchev–Trinajstić information content (AvgIpc) is 2.79. The van der Waals surface area contributed by atoms with E-state index in [0.717, 1.165) is 26.6 Å². The highest BCUT2D eigenvalue weighted by Gasteiger charge is 2.12. The fraction of sp³-hybridized carbons (Fsp3) is 0.385. The molecule has 2 rings (SSSR count). The molecular weight excluding hydrogens is 347 g/mol. The van der Waals surface area contributed by atoms with Gasteiger partial charge in [0.2, 0.25) is 5.95 Å². The lowest BCUT2D eigenvalue weighted by Gasteiger charge is -2.11. The summed E-state index contributed by atoms with van der Waals surface area (Å²) in [7, 11) is 0. The first-order valence-electron chi connectivity index (χ1n) is 6.40. The van der Waals surface area contributed by atoms with Crippen LogP contribution in [0.15, 0.2) is 28.3 Å². The third kappa shape index (κ3) is 4.45. The third-order valence-corrected chi connectivity index (χ3v) is 5.61. The summed E-state index contributed by atoms with van der Waals surface area (Å²) < 4.78 is 1.93. The van der Waals surface area contributed by atoms with Crippen molar-refractivity contribution in [1.82, 2.24) is 14.8 Å². The number of benzene rings is 1. The molecule has 0 amide bonds. The summed E-state index contributed by atoms with van der Waals surface area (Å²) in [6.07, 6.45) is 0. The van der Waals surface area contributed by atoms with Crippen LogP contribution in [0.3, 0.4) is 0 Å². The van der Waals surface area contributed by atoms with E-state index < -0.39 is 0 Å². The maximum absolute atomic E-state index is 6.13. The van der Waals surface area contributed by atoms with E-state index >= 15 is 0 Å². The maximum Gasteiger partial charge on any atom is 0.222 e. The molecule has 0 spiro atoms. The Labute approximate surface area is 142 Å². The normalized spacial score (nSPS) is 11.3. The van der Waals surface area contributed by atoms with Crippen molar-refractivity contribution < 1.29 is 0 Å². The minimum Gasteiger partial charge on any atom is -0.368 e. The summed E-state index contributed by atoms with van der Waals surface area (Å²) >= 11 is 15.4. The lowest BCUT2D eigenvalue weighted by molar-refractivity contribution is 0.557. The van der Waals surface area contributed by atoms with Crippen LogP contribution in [0.1, 0.15) is 19.9 Å². The Balaban J connectivity index is 1.89. The molecule has 0 aliphatic carbocycles. The van der Waals surface area contributed by atoms with E-state index in [0.29, 0.717) is 11.0 Å². The molecule has 4 nitrogen and oxygen atoms in total. The minimum atomic E-state index is 0.248. The second-order valence-corrected chi connectivity index (χ2v) is 7.62. The molecule has 0 unspecified atom stereocenters. The van der Waals surface area contributed by atoms with Crippen molar-refractivity contribution in [2.75, 3.05) is 17.2 Å². The van der Waals surface area contributed by atoms with Gasteiger partial charge in [0.05, 0.1) is 5.02 Å². The monoisotopic (exact) mass is 362 g/mol. The molecule has 1 aromatic carbocycles. The molecule has 21 heavy (non-hydrogen) atoms.